The number of hydrogen-bond donors (Lipinski definition) is 0. The third-order valence-electron chi connectivity index (χ3n) is 3.12. The molecule has 0 radical (unpaired) electrons. The first kappa shape index (κ1) is 13.7. The van der Waals surface area contributed by atoms with Crippen molar-refractivity contribution in [1.82, 2.24) is 0 Å². The van der Waals surface area contributed by atoms with Crippen LogP contribution >= 0.6 is 0 Å². The van der Waals surface area contributed by atoms with Crippen molar-refractivity contribution >= 4 is 17.5 Å². The molecule has 100 valence electrons. The number of cyclic esters (lactones) is 2. The van der Waals surface area contributed by atoms with Crippen molar-refractivity contribution in [3.63, 3.8) is 0 Å². The molecule has 3 nitrogen and oxygen atoms in total. The van der Waals surface area contributed by atoms with E-state index < -0.39 is 11.9 Å². The second-order valence-electron chi connectivity index (χ2n) is 4.28. The first-order valence-corrected chi connectivity index (χ1v) is 6.12. The predicted octanol–water partition coefficient (Wildman–Crippen LogP) is 3.21. The third kappa shape index (κ3) is 2.26. The summed E-state index contributed by atoms with van der Waals surface area (Å²) in [5.74, 6) is -1.25. The van der Waals surface area contributed by atoms with Gasteiger partial charge in [0.15, 0.2) is 0 Å². The van der Waals surface area contributed by atoms with Gasteiger partial charge in [0.2, 0.25) is 0 Å². The van der Waals surface area contributed by atoms with Crippen molar-refractivity contribution in [2.75, 3.05) is 0 Å². The molecule has 0 saturated carbocycles. The minimum atomic E-state index is -0.641. The minimum Gasteiger partial charge on any atom is -0.386 e. The highest BCUT2D eigenvalue weighted by Crippen LogP contribution is 2.31. The van der Waals surface area contributed by atoms with Crippen LogP contribution in [0.3, 0.4) is 0 Å². The van der Waals surface area contributed by atoms with Gasteiger partial charge in [-0.15, -0.1) is 0 Å². The van der Waals surface area contributed by atoms with Crippen LogP contribution < -0.4 is 0 Å². The number of rotatable bonds is 4. The second kappa shape index (κ2) is 5.53. The standard InChI is InChI=1S/C17H14O3/c1-4-13(12-9-7-6-8-10-12)14(5-2)15-11(3)16(18)20-17(15)19/h4-10H,1-2H2,3H3. The summed E-state index contributed by atoms with van der Waals surface area (Å²) >= 11 is 0. The lowest BCUT2D eigenvalue weighted by Crippen LogP contribution is -2.04. The molecule has 0 unspecified atom stereocenters. The molecular formula is C17H14O3. The molecule has 0 bridgehead atoms. The van der Waals surface area contributed by atoms with Gasteiger partial charge < -0.3 is 4.74 Å². The summed E-state index contributed by atoms with van der Waals surface area (Å²) < 4.78 is 4.63. The Kier molecular flexibility index (Phi) is 3.80. The molecule has 0 aliphatic carbocycles. The number of hydrogen-bond acceptors (Lipinski definition) is 3. The molecule has 1 aromatic carbocycles. The summed E-state index contributed by atoms with van der Waals surface area (Å²) in [7, 11) is 0. The van der Waals surface area contributed by atoms with E-state index in [0.717, 1.165) is 11.1 Å². The minimum absolute atomic E-state index is 0.253. The van der Waals surface area contributed by atoms with E-state index in [1.54, 1.807) is 19.1 Å². The van der Waals surface area contributed by atoms with Gasteiger partial charge in [0.05, 0.1) is 5.57 Å². The molecule has 0 fully saturated rings. The van der Waals surface area contributed by atoms with E-state index in [-0.39, 0.29) is 5.57 Å². The van der Waals surface area contributed by atoms with Crippen molar-refractivity contribution in [1.29, 1.82) is 0 Å². The van der Waals surface area contributed by atoms with Gasteiger partial charge in [0, 0.05) is 5.57 Å². The maximum Gasteiger partial charge on any atom is 0.347 e. The Balaban J connectivity index is 2.69. The average molecular weight is 266 g/mol. The lowest BCUT2D eigenvalue weighted by Gasteiger charge is -2.09. The predicted molar refractivity (Wildman–Crippen MR) is 77.6 cm³/mol. The molecule has 0 spiro atoms. The molecule has 0 N–H and O–H groups in total. The Morgan fingerprint density at radius 1 is 1.00 bits per heavy atom. The molecule has 1 heterocycles. The highest BCUT2D eigenvalue weighted by atomic mass is 16.6. The van der Waals surface area contributed by atoms with Crippen molar-refractivity contribution < 1.29 is 14.3 Å². The van der Waals surface area contributed by atoms with Crippen LogP contribution in [0.5, 0.6) is 0 Å². The summed E-state index contributed by atoms with van der Waals surface area (Å²) in [6.07, 6.45) is 3.19. The molecular weight excluding hydrogens is 252 g/mol. The zero-order chi connectivity index (χ0) is 14.7. The Morgan fingerprint density at radius 2 is 1.60 bits per heavy atom. The van der Waals surface area contributed by atoms with Gasteiger partial charge in [0.25, 0.3) is 0 Å². The van der Waals surface area contributed by atoms with Gasteiger partial charge in [-0.2, -0.15) is 0 Å². The second-order valence-corrected chi connectivity index (χ2v) is 4.28. The fraction of sp³-hybridized carbons (Fsp3) is 0.0588. The zero-order valence-corrected chi connectivity index (χ0v) is 11.2. The summed E-state index contributed by atoms with van der Waals surface area (Å²) in [4.78, 5) is 23.3. The quantitative estimate of drug-likeness (QED) is 0.477. The SMILES string of the molecule is C=CC(C1=C(C)C(=O)OC1=O)=C(C=C)c1ccccc1. The lowest BCUT2D eigenvalue weighted by atomic mass is 9.93. The van der Waals surface area contributed by atoms with E-state index >= 15 is 0 Å². The fourth-order valence-electron chi connectivity index (χ4n) is 2.13. The van der Waals surface area contributed by atoms with Crippen molar-refractivity contribution in [3.05, 3.63) is 77.9 Å². The molecule has 20 heavy (non-hydrogen) atoms. The number of allylic oxidation sites excluding steroid dienone is 3. The summed E-state index contributed by atoms with van der Waals surface area (Å²) in [5.41, 5.74) is 2.73. The van der Waals surface area contributed by atoms with E-state index in [2.05, 4.69) is 17.9 Å². The Hall–Kier alpha value is -2.68. The molecule has 1 aliphatic rings. The first-order valence-electron chi connectivity index (χ1n) is 6.12. The Morgan fingerprint density at radius 3 is 2.05 bits per heavy atom. The molecule has 0 amide bonds. The molecule has 0 aromatic heterocycles. The van der Waals surface area contributed by atoms with E-state index in [4.69, 9.17) is 0 Å². The van der Waals surface area contributed by atoms with Crippen molar-refractivity contribution in [2.24, 2.45) is 0 Å². The van der Waals surface area contributed by atoms with Crippen LogP contribution in [0, 0.1) is 0 Å². The fourth-order valence-corrected chi connectivity index (χ4v) is 2.13. The number of carbonyl (C=O) groups is 2. The number of carbonyl (C=O) groups excluding carboxylic acids is 2. The number of ether oxygens (including phenoxy) is 1. The number of benzene rings is 1. The maximum absolute atomic E-state index is 11.8. The van der Waals surface area contributed by atoms with Gasteiger partial charge in [-0.1, -0.05) is 55.6 Å². The van der Waals surface area contributed by atoms with E-state index in [1.807, 2.05) is 30.3 Å². The summed E-state index contributed by atoms with van der Waals surface area (Å²) in [6, 6.07) is 9.48. The lowest BCUT2D eigenvalue weighted by molar-refractivity contribution is -0.150. The molecule has 1 aromatic rings. The summed E-state index contributed by atoms with van der Waals surface area (Å²) in [5, 5.41) is 0. The Bertz CT molecular complexity index is 661. The van der Waals surface area contributed by atoms with Crippen LogP contribution in [-0.2, 0) is 14.3 Å². The highest BCUT2D eigenvalue weighted by Gasteiger charge is 2.32. The topological polar surface area (TPSA) is 43.4 Å². The number of esters is 2. The maximum atomic E-state index is 11.8. The van der Waals surface area contributed by atoms with Crippen molar-refractivity contribution in [2.45, 2.75) is 6.92 Å². The van der Waals surface area contributed by atoms with Gasteiger partial charge in [-0.3, -0.25) is 0 Å². The smallest absolute Gasteiger partial charge is 0.347 e. The highest BCUT2D eigenvalue weighted by molar-refractivity contribution is 6.16. The van der Waals surface area contributed by atoms with Crippen LogP contribution in [0.15, 0.2) is 72.4 Å². The first-order chi connectivity index (χ1) is 9.60. The molecule has 0 saturated heterocycles. The average Bonchev–Trinajstić information content (AvgIpc) is 2.71. The normalized spacial score (nSPS) is 15.8. The van der Waals surface area contributed by atoms with E-state index in [9.17, 15) is 9.59 Å². The zero-order valence-electron chi connectivity index (χ0n) is 11.2. The monoisotopic (exact) mass is 266 g/mol. The molecule has 2 rings (SSSR count). The van der Waals surface area contributed by atoms with Crippen LogP contribution in [0.25, 0.3) is 5.57 Å². The van der Waals surface area contributed by atoms with E-state index in [1.165, 1.54) is 0 Å². The van der Waals surface area contributed by atoms with Gasteiger partial charge in [-0.05, 0) is 23.6 Å². The largest absolute Gasteiger partial charge is 0.386 e. The van der Waals surface area contributed by atoms with Gasteiger partial charge in [-0.25, -0.2) is 9.59 Å². The van der Waals surface area contributed by atoms with Crippen LogP contribution in [0.4, 0.5) is 0 Å². The van der Waals surface area contributed by atoms with Crippen LogP contribution in [0.2, 0.25) is 0 Å². The summed E-state index contributed by atoms with van der Waals surface area (Å²) in [6.45, 7) is 9.08. The Labute approximate surface area is 117 Å². The van der Waals surface area contributed by atoms with Gasteiger partial charge >= 0.3 is 11.9 Å². The van der Waals surface area contributed by atoms with Crippen molar-refractivity contribution in [3.8, 4) is 0 Å². The molecule has 3 heteroatoms. The molecule has 1 aliphatic heterocycles. The van der Waals surface area contributed by atoms with Crippen LogP contribution in [-0.4, -0.2) is 11.9 Å². The third-order valence-corrected chi connectivity index (χ3v) is 3.12. The van der Waals surface area contributed by atoms with Crippen LogP contribution in [0.1, 0.15) is 12.5 Å². The van der Waals surface area contributed by atoms with Gasteiger partial charge in [0.1, 0.15) is 0 Å². The van der Waals surface area contributed by atoms with E-state index in [0.29, 0.717) is 11.1 Å². The molecule has 0 atom stereocenters.